The predicted octanol–water partition coefficient (Wildman–Crippen LogP) is 2.05. The van der Waals surface area contributed by atoms with E-state index in [2.05, 4.69) is 15.8 Å². The summed E-state index contributed by atoms with van der Waals surface area (Å²) >= 11 is 0. The van der Waals surface area contributed by atoms with Crippen molar-refractivity contribution in [3.8, 4) is 0 Å². The normalized spacial score (nSPS) is 10.7. The van der Waals surface area contributed by atoms with Crippen LogP contribution in [0.4, 0.5) is 11.5 Å². The minimum atomic E-state index is -0.257. The van der Waals surface area contributed by atoms with Gasteiger partial charge in [0.2, 0.25) is 11.8 Å². The van der Waals surface area contributed by atoms with Crippen LogP contribution in [0.2, 0.25) is 0 Å². The number of amides is 2. The number of carbonyl (C=O) groups is 2. The highest BCUT2D eigenvalue weighted by molar-refractivity contribution is 5.94. The smallest absolute Gasteiger partial charge is 0.239 e. The maximum atomic E-state index is 12.1. The van der Waals surface area contributed by atoms with Crippen molar-refractivity contribution in [1.29, 1.82) is 0 Å². The molecule has 1 aromatic heterocycles. The van der Waals surface area contributed by atoms with Crippen molar-refractivity contribution in [2.45, 2.75) is 20.3 Å². The number of para-hydroxylation sites is 1. The molecule has 2 aromatic rings. The molecule has 7 nitrogen and oxygen atoms in total. The van der Waals surface area contributed by atoms with Gasteiger partial charge in [0.05, 0.1) is 13.1 Å². The fourth-order valence-corrected chi connectivity index (χ4v) is 2.29. The van der Waals surface area contributed by atoms with E-state index in [4.69, 9.17) is 4.52 Å². The lowest BCUT2D eigenvalue weighted by Crippen LogP contribution is -2.36. The minimum Gasteiger partial charge on any atom is -0.360 e. The number of nitrogens with one attached hydrogen (secondary N) is 2. The molecule has 0 spiro atoms. The van der Waals surface area contributed by atoms with E-state index >= 15 is 0 Å². The van der Waals surface area contributed by atoms with Gasteiger partial charge in [-0.2, -0.15) is 0 Å². The highest BCUT2D eigenvalue weighted by Gasteiger charge is 2.13. The number of hydrogen-bond acceptors (Lipinski definition) is 5. The fourth-order valence-electron chi connectivity index (χ4n) is 2.29. The number of nitrogens with zero attached hydrogens (tertiary/aromatic N) is 2. The topological polar surface area (TPSA) is 87.5 Å². The van der Waals surface area contributed by atoms with Gasteiger partial charge in [-0.15, -0.1) is 0 Å². The van der Waals surface area contributed by atoms with Crippen LogP contribution in [0, 0.1) is 6.92 Å². The maximum Gasteiger partial charge on any atom is 0.239 e. The number of rotatable bonds is 7. The van der Waals surface area contributed by atoms with Crippen LogP contribution in [0.25, 0.3) is 0 Å². The van der Waals surface area contributed by atoms with Crippen LogP contribution in [-0.2, 0) is 16.0 Å². The molecule has 1 aromatic carbocycles. The van der Waals surface area contributed by atoms with Crippen LogP contribution in [0.1, 0.15) is 18.2 Å². The zero-order chi connectivity index (χ0) is 17.5. The molecule has 0 aliphatic carbocycles. The third kappa shape index (κ3) is 5.20. The standard InChI is InChI=1S/C17H22N4O3/c1-4-13-7-5-6-8-14(13)18-16(22)10-21(3)11-17(23)19-15-9-12(2)24-20-15/h5-9H,4,10-11H2,1-3H3,(H,18,22)(H,19,20,23). The Labute approximate surface area is 141 Å². The number of aromatic nitrogens is 1. The van der Waals surface area contributed by atoms with Crippen LogP contribution in [0.3, 0.4) is 0 Å². The number of likely N-dealkylation sites (N-methyl/N-ethyl adjacent to an activating group) is 1. The Hall–Kier alpha value is -2.67. The zero-order valence-electron chi connectivity index (χ0n) is 14.1. The summed E-state index contributed by atoms with van der Waals surface area (Å²) < 4.78 is 4.88. The van der Waals surface area contributed by atoms with E-state index in [1.807, 2.05) is 31.2 Å². The molecule has 128 valence electrons. The molecule has 0 fully saturated rings. The summed E-state index contributed by atoms with van der Waals surface area (Å²) in [4.78, 5) is 25.7. The third-order valence-corrected chi connectivity index (χ3v) is 3.39. The van der Waals surface area contributed by atoms with Crippen molar-refractivity contribution in [1.82, 2.24) is 10.1 Å². The molecule has 0 aliphatic heterocycles. The highest BCUT2D eigenvalue weighted by atomic mass is 16.5. The Balaban J connectivity index is 1.81. The molecular formula is C17H22N4O3. The van der Waals surface area contributed by atoms with E-state index in [1.54, 1.807) is 24.9 Å². The molecule has 0 saturated carbocycles. The molecule has 2 rings (SSSR count). The van der Waals surface area contributed by atoms with Crippen LogP contribution in [0.15, 0.2) is 34.9 Å². The fraction of sp³-hybridized carbons (Fsp3) is 0.353. The van der Waals surface area contributed by atoms with E-state index in [9.17, 15) is 9.59 Å². The van der Waals surface area contributed by atoms with Crippen molar-refractivity contribution in [3.63, 3.8) is 0 Å². The number of carbonyl (C=O) groups excluding carboxylic acids is 2. The van der Waals surface area contributed by atoms with E-state index in [0.29, 0.717) is 11.6 Å². The molecule has 1 heterocycles. The Bertz CT molecular complexity index is 711. The second-order valence-electron chi connectivity index (χ2n) is 5.60. The van der Waals surface area contributed by atoms with Crippen molar-refractivity contribution >= 4 is 23.3 Å². The Morgan fingerprint density at radius 1 is 1.17 bits per heavy atom. The highest BCUT2D eigenvalue weighted by Crippen LogP contribution is 2.15. The third-order valence-electron chi connectivity index (χ3n) is 3.39. The molecular weight excluding hydrogens is 308 g/mol. The Kier molecular flexibility index (Phi) is 6.08. The average molecular weight is 330 g/mol. The number of anilines is 2. The molecule has 0 bridgehead atoms. The number of hydrogen-bond donors (Lipinski definition) is 2. The lowest BCUT2D eigenvalue weighted by Gasteiger charge is -2.16. The zero-order valence-corrected chi connectivity index (χ0v) is 14.1. The van der Waals surface area contributed by atoms with Gasteiger partial charge >= 0.3 is 0 Å². The van der Waals surface area contributed by atoms with Gasteiger partial charge in [-0.1, -0.05) is 30.3 Å². The first kappa shape index (κ1) is 17.7. The number of benzene rings is 1. The summed E-state index contributed by atoms with van der Waals surface area (Å²) in [5, 5.41) is 9.19. The van der Waals surface area contributed by atoms with E-state index in [1.165, 1.54) is 0 Å². The van der Waals surface area contributed by atoms with E-state index in [-0.39, 0.29) is 24.9 Å². The SMILES string of the molecule is CCc1ccccc1NC(=O)CN(C)CC(=O)Nc1cc(C)on1. The molecule has 0 atom stereocenters. The van der Waals surface area contributed by atoms with Gasteiger partial charge in [-0.25, -0.2) is 0 Å². The quantitative estimate of drug-likeness (QED) is 0.811. The van der Waals surface area contributed by atoms with Gasteiger partial charge < -0.3 is 15.2 Å². The molecule has 0 radical (unpaired) electrons. The molecule has 2 amide bonds. The van der Waals surface area contributed by atoms with Crippen molar-refractivity contribution in [3.05, 3.63) is 41.7 Å². The second kappa shape index (κ2) is 8.26. The van der Waals surface area contributed by atoms with Crippen molar-refractivity contribution in [2.24, 2.45) is 0 Å². The van der Waals surface area contributed by atoms with Gasteiger partial charge in [0.1, 0.15) is 5.76 Å². The maximum absolute atomic E-state index is 12.1. The molecule has 0 unspecified atom stereocenters. The molecule has 2 N–H and O–H groups in total. The number of aryl methyl sites for hydroxylation is 2. The molecule has 0 aliphatic rings. The first-order valence-corrected chi connectivity index (χ1v) is 7.77. The van der Waals surface area contributed by atoms with Crippen molar-refractivity contribution < 1.29 is 14.1 Å². The largest absolute Gasteiger partial charge is 0.360 e. The summed E-state index contributed by atoms with van der Waals surface area (Å²) in [6.07, 6.45) is 0.839. The monoisotopic (exact) mass is 330 g/mol. The Morgan fingerprint density at radius 3 is 2.46 bits per heavy atom. The lowest BCUT2D eigenvalue weighted by molar-refractivity contribution is -0.119. The summed E-state index contributed by atoms with van der Waals surface area (Å²) in [6.45, 7) is 3.97. The molecule has 24 heavy (non-hydrogen) atoms. The first-order chi connectivity index (χ1) is 11.5. The first-order valence-electron chi connectivity index (χ1n) is 7.77. The Morgan fingerprint density at radius 2 is 1.83 bits per heavy atom. The van der Waals surface area contributed by atoms with Gasteiger partial charge in [0.15, 0.2) is 5.82 Å². The lowest BCUT2D eigenvalue weighted by atomic mass is 10.1. The summed E-state index contributed by atoms with van der Waals surface area (Å²) in [6, 6.07) is 9.30. The predicted molar refractivity (Wildman–Crippen MR) is 91.8 cm³/mol. The van der Waals surface area contributed by atoms with Gasteiger partial charge in [0, 0.05) is 11.8 Å². The molecule has 7 heteroatoms. The van der Waals surface area contributed by atoms with Gasteiger partial charge in [-0.3, -0.25) is 14.5 Å². The van der Waals surface area contributed by atoms with Crippen LogP contribution >= 0.6 is 0 Å². The average Bonchev–Trinajstić information content (AvgIpc) is 2.92. The van der Waals surface area contributed by atoms with E-state index in [0.717, 1.165) is 17.7 Å². The second-order valence-corrected chi connectivity index (χ2v) is 5.60. The van der Waals surface area contributed by atoms with Gasteiger partial charge in [-0.05, 0) is 32.0 Å². The summed E-state index contributed by atoms with van der Waals surface area (Å²) in [7, 11) is 1.71. The van der Waals surface area contributed by atoms with Crippen LogP contribution < -0.4 is 10.6 Å². The molecule has 0 saturated heterocycles. The van der Waals surface area contributed by atoms with Crippen LogP contribution in [-0.4, -0.2) is 42.0 Å². The van der Waals surface area contributed by atoms with Crippen LogP contribution in [0.5, 0.6) is 0 Å². The summed E-state index contributed by atoms with van der Waals surface area (Å²) in [5.41, 5.74) is 1.88. The summed E-state index contributed by atoms with van der Waals surface area (Å²) in [5.74, 6) is 0.566. The van der Waals surface area contributed by atoms with Crippen molar-refractivity contribution in [2.75, 3.05) is 30.8 Å². The van der Waals surface area contributed by atoms with Gasteiger partial charge in [0.25, 0.3) is 0 Å². The minimum absolute atomic E-state index is 0.0781. The van der Waals surface area contributed by atoms with E-state index < -0.39 is 0 Å².